The van der Waals surface area contributed by atoms with Gasteiger partial charge in [-0.1, -0.05) is 67.8 Å². The second-order valence-corrected chi connectivity index (χ2v) is 11.5. The number of hydrogen-bond acceptors (Lipinski definition) is 2. The molecule has 0 heterocycles. The van der Waals surface area contributed by atoms with E-state index in [1.807, 2.05) is 24.3 Å². The van der Waals surface area contributed by atoms with E-state index in [0.717, 1.165) is 24.2 Å². The van der Waals surface area contributed by atoms with E-state index in [0.29, 0.717) is 0 Å². The minimum Gasteiger partial charge on any atom is -0.399 e. The molecule has 0 bridgehead atoms. The lowest BCUT2D eigenvalue weighted by Crippen LogP contribution is -1.99. The van der Waals surface area contributed by atoms with Gasteiger partial charge in [0.1, 0.15) is 0 Å². The fourth-order valence-corrected chi connectivity index (χ4v) is 6.04. The van der Waals surface area contributed by atoms with Gasteiger partial charge in [0.05, 0.1) is 0 Å². The summed E-state index contributed by atoms with van der Waals surface area (Å²) < 4.78 is 0. The van der Waals surface area contributed by atoms with Gasteiger partial charge in [0.15, 0.2) is 0 Å². The zero-order valence-electron chi connectivity index (χ0n) is 24.4. The molecule has 39 heavy (non-hydrogen) atoms. The summed E-state index contributed by atoms with van der Waals surface area (Å²) in [6.07, 6.45) is 10.8. The molecule has 0 saturated carbocycles. The lowest BCUT2D eigenvalue weighted by molar-refractivity contribution is 0.611. The van der Waals surface area contributed by atoms with E-state index < -0.39 is 0 Å². The number of nitrogens with two attached hydrogens (primary N) is 2. The van der Waals surface area contributed by atoms with Crippen LogP contribution in [0.5, 0.6) is 0 Å². The van der Waals surface area contributed by atoms with Gasteiger partial charge in [-0.15, -0.1) is 0 Å². The largest absolute Gasteiger partial charge is 0.399 e. The molecule has 4 aromatic rings. The Kier molecular flexibility index (Phi) is 9.87. The van der Waals surface area contributed by atoms with Gasteiger partial charge in [0.25, 0.3) is 0 Å². The monoisotopic (exact) mass is 518 g/mol. The van der Waals surface area contributed by atoms with Crippen LogP contribution in [0, 0.1) is 27.7 Å². The average Bonchev–Trinajstić information content (AvgIpc) is 2.89. The zero-order valence-corrected chi connectivity index (χ0v) is 24.4. The highest BCUT2D eigenvalue weighted by Crippen LogP contribution is 2.24. The molecule has 0 atom stereocenters. The first kappa shape index (κ1) is 28.5. The first-order valence-corrected chi connectivity index (χ1v) is 14.7. The molecule has 0 aliphatic carbocycles. The molecule has 0 spiro atoms. The van der Waals surface area contributed by atoms with Crippen molar-refractivity contribution in [1.82, 2.24) is 0 Å². The van der Waals surface area contributed by atoms with Gasteiger partial charge >= 0.3 is 0 Å². The molecule has 2 heteroatoms. The van der Waals surface area contributed by atoms with Gasteiger partial charge < -0.3 is 11.5 Å². The Labute approximate surface area is 236 Å². The van der Waals surface area contributed by atoms with Gasteiger partial charge in [-0.05, 0) is 146 Å². The summed E-state index contributed by atoms with van der Waals surface area (Å²) in [5.41, 5.74) is 27.6. The Morgan fingerprint density at radius 2 is 0.718 bits per heavy atom. The fraction of sp³-hybridized carbons (Fsp3) is 0.351. The van der Waals surface area contributed by atoms with E-state index in [1.54, 1.807) is 11.1 Å². The van der Waals surface area contributed by atoms with Crippen LogP contribution in [0.1, 0.15) is 87.7 Å². The molecular formula is C37H46N2. The number of unbranched alkanes of at least 4 members (excludes halogenated alkanes) is 4. The van der Waals surface area contributed by atoms with Crippen LogP contribution in [-0.4, -0.2) is 0 Å². The van der Waals surface area contributed by atoms with Crippen molar-refractivity contribution < 1.29 is 0 Å². The van der Waals surface area contributed by atoms with Gasteiger partial charge in [0.2, 0.25) is 0 Å². The zero-order chi connectivity index (χ0) is 27.8. The number of anilines is 2. The maximum atomic E-state index is 5.84. The van der Waals surface area contributed by atoms with Crippen molar-refractivity contribution in [3.8, 4) is 0 Å². The van der Waals surface area contributed by atoms with E-state index in [4.69, 9.17) is 11.5 Å². The second-order valence-electron chi connectivity index (χ2n) is 11.5. The van der Waals surface area contributed by atoms with E-state index in [1.165, 1.54) is 89.5 Å². The third-order valence-electron chi connectivity index (χ3n) is 8.14. The standard InChI is InChI=1S/C37H46N2/c1-26-20-32(24-30-12-16-34(38)17-13-30)21-27(2)36(26)10-8-6-5-7-9-11-37-28(3)22-33(23-29(37)4)25-31-14-18-35(39)19-15-31/h12-23H,5-11,24-25,38-39H2,1-4H3. The Morgan fingerprint density at radius 1 is 0.410 bits per heavy atom. The third-order valence-corrected chi connectivity index (χ3v) is 8.14. The minimum atomic E-state index is 0.826. The molecule has 4 rings (SSSR count). The summed E-state index contributed by atoms with van der Waals surface area (Å²) >= 11 is 0. The predicted molar refractivity (Wildman–Crippen MR) is 170 cm³/mol. The average molecular weight is 519 g/mol. The Morgan fingerprint density at radius 3 is 1.05 bits per heavy atom. The summed E-state index contributed by atoms with van der Waals surface area (Å²) in [7, 11) is 0. The number of aryl methyl sites for hydroxylation is 4. The molecule has 4 N–H and O–H groups in total. The minimum absolute atomic E-state index is 0.826. The van der Waals surface area contributed by atoms with Crippen molar-refractivity contribution >= 4 is 11.4 Å². The van der Waals surface area contributed by atoms with Crippen molar-refractivity contribution in [2.24, 2.45) is 0 Å². The first-order valence-electron chi connectivity index (χ1n) is 14.7. The quantitative estimate of drug-likeness (QED) is 0.145. The van der Waals surface area contributed by atoms with Crippen molar-refractivity contribution in [2.45, 2.75) is 85.5 Å². The van der Waals surface area contributed by atoms with E-state index in [2.05, 4.69) is 76.2 Å². The molecule has 0 unspecified atom stereocenters. The lowest BCUT2D eigenvalue weighted by Gasteiger charge is -2.14. The molecule has 0 amide bonds. The lowest BCUT2D eigenvalue weighted by atomic mass is 9.92. The van der Waals surface area contributed by atoms with E-state index in [-0.39, 0.29) is 0 Å². The normalized spacial score (nSPS) is 11.2. The summed E-state index contributed by atoms with van der Waals surface area (Å²) in [4.78, 5) is 0. The smallest absolute Gasteiger partial charge is 0.0314 e. The van der Waals surface area contributed by atoms with Crippen LogP contribution in [0.3, 0.4) is 0 Å². The van der Waals surface area contributed by atoms with Crippen LogP contribution in [0.25, 0.3) is 0 Å². The fourth-order valence-electron chi connectivity index (χ4n) is 6.04. The third kappa shape index (κ3) is 8.23. The maximum absolute atomic E-state index is 5.84. The molecule has 4 aromatic carbocycles. The van der Waals surface area contributed by atoms with Crippen molar-refractivity contribution in [1.29, 1.82) is 0 Å². The topological polar surface area (TPSA) is 52.0 Å². The second kappa shape index (κ2) is 13.5. The van der Waals surface area contributed by atoms with Crippen LogP contribution in [0.2, 0.25) is 0 Å². The molecule has 0 radical (unpaired) electrons. The van der Waals surface area contributed by atoms with Gasteiger partial charge in [-0.3, -0.25) is 0 Å². The Hall–Kier alpha value is -3.52. The van der Waals surface area contributed by atoms with Crippen LogP contribution < -0.4 is 11.5 Å². The maximum Gasteiger partial charge on any atom is 0.0314 e. The molecular weight excluding hydrogens is 472 g/mol. The predicted octanol–water partition coefficient (Wildman–Crippen LogP) is 9.00. The van der Waals surface area contributed by atoms with Crippen molar-refractivity contribution in [3.63, 3.8) is 0 Å². The highest BCUT2D eigenvalue weighted by Gasteiger charge is 2.08. The first-order chi connectivity index (χ1) is 18.8. The number of rotatable bonds is 12. The molecule has 204 valence electrons. The van der Waals surface area contributed by atoms with Crippen molar-refractivity contribution in [2.75, 3.05) is 11.5 Å². The SMILES string of the molecule is Cc1cc(Cc2ccc(N)cc2)cc(C)c1CCCCCCCc1c(C)cc(Cc2ccc(N)cc2)cc1C. The number of hydrogen-bond donors (Lipinski definition) is 2. The number of benzene rings is 4. The molecule has 0 saturated heterocycles. The van der Waals surface area contributed by atoms with Crippen LogP contribution in [0.15, 0.2) is 72.8 Å². The number of nitrogen functional groups attached to an aromatic ring is 2. The summed E-state index contributed by atoms with van der Waals surface area (Å²) in [5, 5.41) is 0. The van der Waals surface area contributed by atoms with Crippen LogP contribution >= 0.6 is 0 Å². The highest BCUT2D eigenvalue weighted by atomic mass is 14.5. The van der Waals surface area contributed by atoms with Crippen LogP contribution in [-0.2, 0) is 25.7 Å². The van der Waals surface area contributed by atoms with Crippen molar-refractivity contribution in [3.05, 3.63) is 128 Å². The molecule has 0 aliphatic rings. The summed E-state index contributed by atoms with van der Waals surface area (Å²) in [6.45, 7) is 9.11. The Bertz CT molecular complexity index is 1210. The molecule has 2 nitrogen and oxygen atoms in total. The van der Waals surface area contributed by atoms with E-state index >= 15 is 0 Å². The van der Waals surface area contributed by atoms with Gasteiger partial charge in [-0.2, -0.15) is 0 Å². The van der Waals surface area contributed by atoms with Gasteiger partial charge in [0, 0.05) is 11.4 Å². The molecule has 0 aliphatic heterocycles. The highest BCUT2D eigenvalue weighted by molar-refractivity contribution is 5.44. The molecule has 0 aromatic heterocycles. The van der Waals surface area contributed by atoms with Gasteiger partial charge in [-0.25, -0.2) is 0 Å². The Balaban J connectivity index is 1.19. The summed E-state index contributed by atoms with van der Waals surface area (Å²) in [5.74, 6) is 0. The van der Waals surface area contributed by atoms with Crippen LogP contribution in [0.4, 0.5) is 11.4 Å². The molecule has 0 fully saturated rings. The van der Waals surface area contributed by atoms with E-state index in [9.17, 15) is 0 Å². The summed E-state index contributed by atoms with van der Waals surface area (Å²) in [6, 6.07) is 26.0.